The van der Waals surface area contributed by atoms with Crippen molar-refractivity contribution in [2.75, 3.05) is 0 Å². The second-order valence-corrected chi connectivity index (χ2v) is 6.37. The summed E-state index contributed by atoms with van der Waals surface area (Å²) < 4.78 is 15.1. The molecule has 3 N–H and O–H groups in total. The normalized spacial score (nSPS) is 12.4. The lowest BCUT2D eigenvalue weighted by molar-refractivity contribution is 0.533. The van der Waals surface area contributed by atoms with Gasteiger partial charge in [-0.15, -0.1) is 0 Å². The van der Waals surface area contributed by atoms with E-state index >= 15 is 0 Å². The van der Waals surface area contributed by atoms with Crippen LogP contribution in [0.25, 0.3) is 0 Å². The predicted molar refractivity (Wildman–Crippen MR) is 84.8 cm³/mol. The lowest BCUT2D eigenvalue weighted by atomic mass is 10.0. The van der Waals surface area contributed by atoms with Gasteiger partial charge in [0.2, 0.25) is 0 Å². The van der Waals surface area contributed by atoms with Crippen molar-refractivity contribution in [3.05, 3.63) is 61.5 Å². The maximum atomic E-state index is 13.5. The molecule has 7 heteroatoms. The highest BCUT2D eigenvalue weighted by atomic mass is 79.9. The molecular formula is C13H11Br2ClFN3. The van der Waals surface area contributed by atoms with Gasteiger partial charge in [-0.3, -0.25) is 16.3 Å². The van der Waals surface area contributed by atoms with E-state index in [1.54, 1.807) is 12.3 Å². The fourth-order valence-corrected chi connectivity index (χ4v) is 3.20. The summed E-state index contributed by atoms with van der Waals surface area (Å²) in [5, 5.41) is 0.106. The molecule has 1 aromatic carbocycles. The molecule has 0 spiro atoms. The molecule has 0 bridgehead atoms. The topological polar surface area (TPSA) is 50.9 Å². The van der Waals surface area contributed by atoms with Gasteiger partial charge in [0.15, 0.2) is 0 Å². The van der Waals surface area contributed by atoms with Crippen LogP contribution in [-0.2, 0) is 6.42 Å². The molecule has 2 aromatic rings. The van der Waals surface area contributed by atoms with Crippen LogP contribution in [-0.4, -0.2) is 4.98 Å². The average Bonchev–Trinajstić information content (AvgIpc) is 2.41. The minimum atomic E-state index is -0.442. The van der Waals surface area contributed by atoms with Crippen molar-refractivity contribution >= 4 is 43.5 Å². The number of nitrogens with one attached hydrogen (secondary N) is 1. The first-order valence-electron chi connectivity index (χ1n) is 5.72. The van der Waals surface area contributed by atoms with Crippen LogP contribution in [0.1, 0.15) is 17.3 Å². The molecule has 0 saturated carbocycles. The van der Waals surface area contributed by atoms with Crippen LogP contribution in [0, 0.1) is 5.82 Å². The van der Waals surface area contributed by atoms with Crippen molar-refractivity contribution in [1.82, 2.24) is 10.4 Å². The van der Waals surface area contributed by atoms with E-state index in [0.29, 0.717) is 6.42 Å². The summed E-state index contributed by atoms with van der Waals surface area (Å²) >= 11 is 12.5. The highest BCUT2D eigenvalue weighted by Gasteiger charge is 2.16. The minimum Gasteiger partial charge on any atom is -0.271 e. The van der Waals surface area contributed by atoms with Crippen LogP contribution in [0.4, 0.5) is 4.39 Å². The molecule has 0 saturated heterocycles. The van der Waals surface area contributed by atoms with E-state index in [1.165, 1.54) is 12.1 Å². The Hall–Kier alpha value is -0.530. The molecule has 106 valence electrons. The lowest BCUT2D eigenvalue weighted by Gasteiger charge is -2.17. The Morgan fingerprint density at radius 3 is 2.70 bits per heavy atom. The molecule has 1 aromatic heterocycles. The van der Waals surface area contributed by atoms with Crippen molar-refractivity contribution in [3.8, 4) is 0 Å². The molecule has 1 atom stereocenters. The maximum absolute atomic E-state index is 13.5. The largest absolute Gasteiger partial charge is 0.271 e. The van der Waals surface area contributed by atoms with E-state index < -0.39 is 5.82 Å². The molecule has 0 aliphatic carbocycles. The second kappa shape index (κ2) is 6.95. The third kappa shape index (κ3) is 3.77. The van der Waals surface area contributed by atoms with Gasteiger partial charge in [-0.05, 0) is 62.0 Å². The van der Waals surface area contributed by atoms with Gasteiger partial charge in [0.25, 0.3) is 0 Å². The first-order valence-corrected chi connectivity index (χ1v) is 7.68. The van der Waals surface area contributed by atoms with E-state index in [9.17, 15) is 4.39 Å². The predicted octanol–water partition coefficient (Wildman–Crippen LogP) is 4.15. The van der Waals surface area contributed by atoms with Gasteiger partial charge >= 0.3 is 0 Å². The molecule has 0 amide bonds. The summed E-state index contributed by atoms with van der Waals surface area (Å²) in [7, 11) is 0. The van der Waals surface area contributed by atoms with Crippen molar-refractivity contribution < 1.29 is 4.39 Å². The molecule has 0 fully saturated rings. The van der Waals surface area contributed by atoms with Gasteiger partial charge in [0.1, 0.15) is 5.82 Å². The number of aromatic nitrogens is 1. The summed E-state index contributed by atoms with van der Waals surface area (Å²) in [4.78, 5) is 4.33. The van der Waals surface area contributed by atoms with Crippen LogP contribution in [0.5, 0.6) is 0 Å². The number of nitrogens with two attached hydrogens (primary N) is 1. The smallest absolute Gasteiger partial charge is 0.142 e. The molecule has 2 rings (SSSR count). The second-order valence-electron chi connectivity index (χ2n) is 4.19. The monoisotopic (exact) mass is 421 g/mol. The molecule has 1 unspecified atom stereocenters. The lowest BCUT2D eigenvalue weighted by Crippen LogP contribution is -2.30. The standard InChI is InChI=1S/C13H11Br2ClFN3/c14-8-5-9(15)13(19-6-8)12(20-18)4-7-1-2-10(16)11(17)3-7/h1-3,5-6,12,20H,4,18H2. The Kier molecular flexibility index (Phi) is 5.51. The summed E-state index contributed by atoms with van der Waals surface area (Å²) in [6.45, 7) is 0. The minimum absolute atomic E-state index is 0.106. The van der Waals surface area contributed by atoms with Crippen molar-refractivity contribution in [2.45, 2.75) is 12.5 Å². The number of hydrogen-bond acceptors (Lipinski definition) is 3. The zero-order valence-corrected chi connectivity index (χ0v) is 14.1. The number of hydrazine groups is 1. The maximum Gasteiger partial charge on any atom is 0.142 e. The molecule has 20 heavy (non-hydrogen) atoms. The van der Waals surface area contributed by atoms with Crippen molar-refractivity contribution in [3.63, 3.8) is 0 Å². The SMILES string of the molecule is NNC(Cc1ccc(Cl)c(F)c1)c1ncc(Br)cc1Br. The first-order chi connectivity index (χ1) is 9.51. The van der Waals surface area contributed by atoms with E-state index in [4.69, 9.17) is 17.4 Å². The Bertz CT molecular complexity index is 625. The number of rotatable bonds is 4. The van der Waals surface area contributed by atoms with Gasteiger partial charge in [0.05, 0.1) is 16.8 Å². The molecule has 0 radical (unpaired) electrons. The summed E-state index contributed by atoms with van der Waals surface area (Å²) in [6.07, 6.45) is 2.19. The average molecular weight is 424 g/mol. The van der Waals surface area contributed by atoms with Crippen LogP contribution >= 0.6 is 43.5 Å². The fraction of sp³-hybridized carbons (Fsp3) is 0.154. The number of halogens is 4. The van der Waals surface area contributed by atoms with Crippen LogP contribution in [0.15, 0.2) is 39.4 Å². The summed E-state index contributed by atoms with van der Waals surface area (Å²) in [5.74, 6) is 5.14. The zero-order valence-electron chi connectivity index (χ0n) is 10.2. The Morgan fingerprint density at radius 2 is 2.10 bits per heavy atom. The van der Waals surface area contributed by atoms with Crippen LogP contribution in [0.2, 0.25) is 5.02 Å². The van der Waals surface area contributed by atoms with E-state index in [2.05, 4.69) is 42.3 Å². The zero-order chi connectivity index (χ0) is 14.7. The molecular weight excluding hydrogens is 412 g/mol. The molecule has 1 heterocycles. The van der Waals surface area contributed by atoms with Gasteiger partial charge in [0, 0.05) is 15.1 Å². The third-order valence-corrected chi connectivity index (χ3v) is 4.17. The summed E-state index contributed by atoms with van der Waals surface area (Å²) in [5.41, 5.74) is 4.24. The van der Waals surface area contributed by atoms with Crippen LogP contribution < -0.4 is 11.3 Å². The van der Waals surface area contributed by atoms with Gasteiger partial charge in [-0.25, -0.2) is 4.39 Å². The number of benzene rings is 1. The Labute approximate surface area is 138 Å². The van der Waals surface area contributed by atoms with Gasteiger partial charge in [-0.1, -0.05) is 17.7 Å². The number of pyridine rings is 1. The third-order valence-electron chi connectivity index (χ3n) is 2.79. The van der Waals surface area contributed by atoms with Gasteiger partial charge < -0.3 is 0 Å². The molecule has 3 nitrogen and oxygen atoms in total. The highest BCUT2D eigenvalue weighted by molar-refractivity contribution is 9.11. The Balaban J connectivity index is 2.26. The number of hydrogen-bond donors (Lipinski definition) is 2. The quantitative estimate of drug-likeness (QED) is 0.574. The fourth-order valence-electron chi connectivity index (χ4n) is 1.82. The molecule has 0 aliphatic rings. The first kappa shape index (κ1) is 15.9. The van der Waals surface area contributed by atoms with E-state index in [0.717, 1.165) is 20.2 Å². The van der Waals surface area contributed by atoms with E-state index in [-0.39, 0.29) is 11.1 Å². The van der Waals surface area contributed by atoms with E-state index in [1.807, 2.05) is 6.07 Å². The highest BCUT2D eigenvalue weighted by Crippen LogP contribution is 2.27. The summed E-state index contributed by atoms with van der Waals surface area (Å²) in [6, 6.07) is 6.35. The van der Waals surface area contributed by atoms with Gasteiger partial charge in [-0.2, -0.15) is 0 Å². The molecule has 0 aliphatic heterocycles. The Morgan fingerprint density at radius 1 is 1.35 bits per heavy atom. The number of nitrogens with zero attached hydrogens (tertiary/aromatic N) is 1. The van der Waals surface area contributed by atoms with Crippen molar-refractivity contribution in [2.24, 2.45) is 5.84 Å². The van der Waals surface area contributed by atoms with Crippen molar-refractivity contribution in [1.29, 1.82) is 0 Å². The van der Waals surface area contributed by atoms with Crippen LogP contribution in [0.3, 0.4) is 0 Å².